The minimum Gasteiger partial charge on any atom is -0.477 e. The molecule has 12 N–H and O–H groups in total. The Morgan fingerprint density at radius 2 is 1.23 bits per heavy atom. The highest BCUT2D eigenvalue weighted by Gasteiger charge is 2.78. The number of carbonyl (C=O) groups excluding carboxylic acids is 1. The Morgan fingerprint density at radius 1 is 0.830 bits per heavy atom. The second kappa shape index (κ2) is 12.4. The molecule has 1 fully saturated rings. The number of primary amides is 1. The fourth-order valence-corrected chi connectivity index (χ4v) is 3.92. The van der Waals surface area contributed by atoms with Crippen molar-refractivity contribution in [3.63, 3.8) is 0 Å². The van der Waals surface area contributed by atoms with Crippen LogP contribution in [0.25, 0.3) is 0 Å². The second-order valence-electron chi connectivity index (χ2n) is 9.27. The summed E-state index contributed by atoms with van der Waals surface area (Å²) in [5, 5.41) is 40.8. The number of halogens is 14. The number of hydrogen-bond donors (Lipinski definition) is 9. The lowest BCUT2D eigenvalue weighted by Gasteiger charge is -2.48. The minimum atomic E-state index is -6.60. The Kier molecular flexibility index (Phi) is 10.7. The number of urea groups is 1. The number of nitrogens with two attached hydrogens (primary N) is 3. The molecule has 3 aliphatic heterocycles. The largest absolute Gasteiger partial charge is 0.477 e. The highest BCUT2D eigenvalue weighted by molar-refractivity contribution is 5.87. The van der Waals surface area contributed by atoms with Crippen LogP contribution >= 0.6 is 0 Å². The van der Waals surface area contributed by atoms with E-state index >= 15 is 0 Å². The summed E-state index contributed by atoms with van der Waals surface area (Å²) in [6.45, 7) is 0.357. The molecule has 15 nitrogen and oxygen atoms in total. The molecular weight excluding hydrogens is 706 g/mol. The monoisotopic (exact) mass is 726 g/mol. The average Bonchev–Trinajstić information content (AvgIpc) is 3.37. The van der Waals surface area contributed by atoms with Gasteiger partial charge in [0.05, 0.1) is 6.04 Å². The van der Waals surface area contributed by atoms with Crippen molar-refractivity contribution in [1.82, 2.24) is 15.5 Å². The smallest absolute Gasteiger partial charge is 0.460 e. The highest BCUT2D eigenvalue weighted by Crippen LogP contribution is 2.48. The summed E-state index contributed by atoms with van der Waals surface area (Å²) in [5.74, 6) is -34.4. The molecule has 0 aromatic heterocycles. The summed E-state index contributed by atoms with van der Waals surface area (Å²) in [7, 11) is 0. The molecule has 3 heterocycles. The standard InChI is InChI=1S/C10H18N8O3.2C4HF7O2/c11-6-16-5-4(3-14-8(13)19)15-7(12)18-2-1-9(20,21)10(5,18)17-6;2*5-2(6,1(12)13)3(7,8)4(9,10)11/h4-5,20-21H,1-3H2,(H2,12,15)(H3,11,16,17)(H3,13,14,19);2*(H,12,13)/t4-,5-,10-;;/m0../s1. The van der Waals surface area contributed by atoms with Gasteiger partial charge < -0.3 is 53.2 Å². The number of nitrogens with zero attached hydrogens (tertiary/aromatic N) is 3. The summed E-state index contributed by atoms with van der Waals surface area (Å²) in [4.78, 5) is 39.7. The molecule has 0 unspecified atom stereocenters. The third-order valence-corrected chi connectivity index (χ3v) is 6.21. The Morgan fingerprint density at radius 3 is 1.55 bits per heavy atom. The zero-order valence-corrected chi connectivity index (χ0v) is 22.2. The van der Waals surface area contributed by atoms with Gasteiger partial charge in [-0.15, -0.1) is 0 Å². The van der Waals surface area contributed by atoms with E-state index < -0.39 is 77.5 Å². The first-order chi connectivity index (χ1) is 20.7. The summed E-state index contributed by atoms with van der Waals surface area (Å²) in [6, 6.07) is -2.04. The maximum atomic E-state index is 11.8. The van der Waals surface area contributed by atoms with Gasteiger partial charge in [0.2, 0.25) is 5.79 Å². The molecule has 0 aromatic carbocycles. The summed E-state index contributed by atoms with van der Waals surface area (Å²) < 4.78 is 161. The molecule has 3 rings (SSSR count). The molecule has 1 saturated heterocycles. The summed E-state index contributed by atoms with van der Waals surface area (Å²) in [6.07, 6.45) is -13.1. The van der Waals surface area contributed by atoms with Crippen molar-refractivity contribution in [1.29, 1.82) is 0 Å². The van der Waals surface area contributed by atoms with E-state index in [9.17, 15) is 86.1 Å². The van der Waals surface area contributed by atoms with Crippen LogP contribution < -0.4 is 27.8 Å². The number of alkyl halides is 14. The van der Waals surface area contributed by atoms with Crippen LogP contribution in [0.1, 0.15) is 6.42 Å². The minimum absolute atomic E-state index is 0.0603. The van der Waals surface area contributed by atoms with E-state index in [0.29, 0.717) is 6.54 Å². The van der Waals surface area contributed by atoms with E-state index in [-0.39, 0.29) is 24.9 Å². The number of nitrogens with one attached hydrogen (secondary N) is 2. The van der Waals surface area contributed by atoms with Crippen molar-refractivity contribution in [3.8, 4) is 0 Å². The number of carboxylic acid groups (broad SMARTS) is 2. The normalized spacial score (nSPS) is 24.1. The number of rotatable bonds is 6. The summed E-state index contributed by atoms with van der Waals surface area (Å²) in [5.41, 5.74) is 15.3. The lowest BCUT2D eigenvalue weighted by atomic mass is 9.86. The van der Waals surface area contributed by atoms with E-state index in [4.69, 9.17) is 27.4 Å². The van der Waals surface area contributed by atoms with Crippen LogP contribution in [0.3, 0.4) is 0 Å². The SMILES string of the molecule is NC(=O)NC[C@@H]1N=C(N)N2CCC(O)(O)[C@@]23NC(N)=N[C@@H]13.O=C(O)C(F)(F)C(F)(F)C(F)(F)F.O=C(O)C(F)(F)C(F)(F)C(F)(F)F. The van der Waals surface area contributed by atoms with Crippen LogP contribution in [-0.2, 0) is 9.59 Å². The van der Waals surface area contributed by atoms with Crippen molar-refractivity contribution in [2.75, 3.05) is 13.1 Å². The van der Waals surface area contributed by atoms with Gasteiger partial charge in [-0.1, -0.05) is 0 Å². The molecule has 0 radical (unpaired) electrons. The van der Waals surface area contributed by atoms with Gasteiger partial charge >= 0.3 is 54.0 Å². The first-order valence-corrected chi connectivity index (χ1v) is 11.5. The van der Waals surface area contributed by atoms with Gasteiger partial charge in [0.25, 0.3) is 0 Å². The molecule has 2 amide bonds. The van der Waals surface area contributed by atoms with Gasteiger partial charge in [-0.3, -0.25) is 0 Å². The van der Waals surface area contributed by atoms with Crippen LogP contribution in [0.4, 0.5) is 66.3 Å². The zero-order valence-electron chi connectivity index (χ0n) is 22.2. The number of carbonyl (C=O) groups is 3. The Bertz CT molecular complexity index is 1240. The van der Waals surface area contributed by atoms with Gasteiger partial charge in [0.15, 0.2) is 17.6 Å². The Balaban J connectivity index is 0.000000374. The van der Waals surface area contributed by atoms with Gasteiger partial charge in [0.1, 0.15) is 6.04 Å². The van der Waals surface area contributed by atoms with Crippen LogP contribution in [-0.4, -0.2) is 128 Å². The molecule has 0 saturated carbocycles. The average molecular weight is 726 g/mol. The topological polar surface area (TPSA) is 262 Å². The van der Waals surface area contributed by atoms with Crippen molar-refractivity contribution in [2.45, 2.75) is 66.0 Å². The van der Waals surface area contributed by atoms with Crippen LogP contribution in [0, 0.1) is 0 Å². The maximum absolute atomic E-state index is 11.8. The third kappa shape index (κ3) is 7.02. The number of hydrogen-bond acceptors (Lipinski definition) is 11. The van der Waals surface area contributed by atoms with Crippen LogP contribution in [0.2, 0.25) is 0 Å². The van der Waals surface area contributed by atoms with E-state index in [1.165, 1.54) is 0 Å². The van der Waals surface area contributed by atoms with Crippen molar-refractivity contribution < 1.29 is 96.3 Å². The van der Waals surface area contributed by atoms with E-state index in [0.717, 1.165) is 0 Å². The lowest BCUT2D eigenvalue weighted by molar-refractivity contribution is -0.347. The fourth-order valence-electron chi connectivity index (χ4n) is 3.92. The van der Waals surface area contributed by atoms with Gasteiger partial charge in [-0.2, -0.15) is 61.5 Å². The van der Waals surface area contributed by atoms with Crippen molar-refractivity contribution >= 4 is 29.9 Å². The van der Waals surface area contributed by atoms with Gasteiger partial charge in [-0.05, 0) is 0 Å². The summed E-state index contributed by atoms with van der Waals surface area (Å²) >= 11 is 0. The molecule has 3 aliphatic rings. The van der Waals surface area contributed by atoms with Gasteiger partial charge in [-0.25, -0.2) is 24.4 Å². The number of amides is 2. The van der Waals surface area contributed by atoms with E-state index in [2.05, 4.69) is 20.6 Å². The number of aliphatic imine (C=N–C) groups is 2. The van der Waals surface area contributed by atoms with Crippen LogP contribution in [0.15, 0.2) is 9.98 Å². The number of guanidine groups is 2. The Labute approximate surface area is 249 Å². The first-order valence-electron chi connectivity index (χ1n) is 11.5. The molecule has 0 aromatic rings. The lowest BCUT2D eigenvalue weighted by Crippen LogP contribution is -2.76. The first kappa shape index (κ1) is 40.7. The number of carboxylic acids is 2. The van der Waals surface area contributed by atoms with Gasteiger partial charge in [0, 0.05) is 19.5 Å². The van der Waals surface area contributed by atoms with E-state index in [1.807, 2.05) is 0 Å². The molecule has 3 atom stereocenters. The quantitative estimate of drug-likeness (QED) is 0.125. The predicted octanol–water partition coefficient (Wildman–Crippen LogP) is -0.471. The number of aliphatic carboxylic acids is 2. The van der Waals surface area contributed by atoms with Crippen molar-refractivity contribution in [3.05, 3.63) is 0 Å². The highest BCUT2D eigenvalue weighted by atomic mass is 19.4. The third-order valence-electron chi connectivity index (χ3n) is 6.21. The molecule has 0 bridgehead atoms. The maximum Gasteiger partial charge on any atom is 0.460 e. The fraction of sp³-hybridized carbons (Fsp3) is 0.722. The molecule has 272 valence electrons. The zero-order chi connectivity index (χ0) is 37.6. The molecular formula is C18H20F14N8O7. The molecule has 1 spiro atoms. The van der Waals surface area contributed by atoms with Crippen molar-refractivity contribution in [2.24, 2.45) is 27.2 Å². The predicted molar refractivity (Wildman–Crippen MR) is 120 cm³/mol. The van der Waals surface area contributed by atoms with Crippen LogP contribution in [0.5, 0.6) is 0 Å². The molecule has 0 aliphatic carbocycles. The Hall–Kier alpha value is -4.31. The molecule has 29 heteroatoms. The number of aliphatic hydroxyl groups is 2. The molecule has 47 heavy (non-hydrogen) atoms. The second-order valence-corrected chi connectivity index (χ2v) is 9.27. The van der Waals surface area contributed by atoms with E-state index in [1.54, 1.807) is 4.90 Å².